The lowest BCUT2D eigenvalue weighted by atomic mass is 9.96. The molecular formula is C17H22N4O4. The first-order valence-electron chi connectivity index (χ1n) is 8.23. The van der Waals surface area contributed by atoms with Crippen LogP contribution in [0.3, 0.4) is 0 Å². The molecule has 8 nitrogen and oxygen atoms in total. The highest BCUT2D eigenvalue weighted by atomic mass is 16.6. The van der Waals surface area contributed by atoms with Crippen LogP contribution in [0, 0.1) is 16.0 Å². The second kappa shape index (κ2) is 8.39. The third kappa shape index (κ3) is 4.42. The number of nitro benzene ring substituents is 1. The Labute approximate surface area is 145 Å². The first-order valence-corrected chi connectivity index (χ1v) is 8.23. The van der Waals surface area contributed by atoms with Gasteiger partial charge in [-0.25, -0.2) is 4.68 Å². The molecule has 0 aliphatic rings. The van der Waals surface area contributed by atoms with Gasteiger partial charge in [0.1, 0.15) is 5.69 Å². The van der Waals surface area contributed by atoms with Crippen LogP contribution in [0.5, 0.6) is 0 Å². The lowest BCUT2D eigenvalue weighted by Crippen LogP contribution is -2.36. The summed E-state index contributed by atoms with van der Waals surface area (Å²) in [6.07, 6.45) is 2.55. The minimum atomic E-state index is -0.615. The quantitative estimate of drug-likeness (QED) is 0.563. The zero-order chi connectivity index (χ0) is 18.4. The Morgan fingerprint density at radius 3 is 2.64 bits per heavy atom. The number of para-hydroxylation sites is 2. The van der Waals surface area contributed by atoms with Crippen LogP contribution in [0.2, 0.25) is 0 Å². The molecule has 8 heteroatoms. The molecule has 1 aromatic carbocycles. The molecule has 0 aliphatic heterocycles. The Morgan fingerprint density at radius 1 is 1.32 bits per heavy atom. The van der Waals surface area contributed by atoms with Crippen molar-refractivity contribution in [3.05, 3.63) is 52.3 Å². The van der Waals surface area contributed by atoms with Gasteiger partial charge in [-0.1, -0.05) is 38.8 Å². The molecule has 0 fully saturated rings. The van der Waals surface area contributed by atoms with Gasteiger partial charge in [-0.2, -0.15) is 5.10 Å². The van der Waals surface area contributed by atoms with Crippen molar-refractivity contribution in [2.24, 2.45) is 5.92 Å². The van der Waals surface area contributed by atoms with Crippen molar-refractivity contribution in [1.29, 1.82) is 0 Å². The van der Waals surface area contributed by atoms with Gasteiger partial charge < -0.3 is 10.4 Å². The topological polar surface area (TPSA) is 110 Å². The van der Waals surface area contributed by atoms with Crippen molar-refractivity contribution in [2.45, 2.75) is 32.8 Å². The van der Waals surface area contributed by atoms with Crippen LogP contribution in [0.15, 0.2) is 36.5 Å². The summed E-state index contributed by atoms with van der Waals surface area (Å²) in [7, 11) is 0. The van der Waals surface area contributed by atoms with Crippen molar-refractivity contribution in [2.75, 3.05) is 6.54 Å². The molecule has 0 bridgehead atoms. The number of rotatable bonds is 8. The van der Waals surface area contributed by atoms with Crippen molar-refractivity contribution in [1.82, 2.24) is 15.1 Å². The number of aromatic nitrogens is 2. The number of nitrogens with one attached hydrogen (secondary N) is 1. The highest BCUT2D eigenvalue weighted by molar-refractivity contribution is 5.92. The van der Waals surface area contributed by atoms with Gasteiger partial charge in [-0.15, -0.1) is 0 Å². The number of hydrogen-bond donors (Lipinski definition) is 2. The van der Waals surface area contributed by atoms with Gasteiger partial charge in [0.05, 0.1) is 11.0 Å². The largest absolute Gasteiger partial charge is 0.391 e. The Kier molecular flexibility index (Phi) is 6.24. The second-order valence-corrected chi connectivity index (χ2v) is 5.75. The zero-order valence-electron chi connectivity index (χ0n) is 14.3. The summed E-state index contributed by atoms with van der Waals surface area (Å²) in [6.45, 7) is 4.13. The number of nitrogens with zero attached hydrogens (tertiary/aromatic N) is 3. The smallest absolute Gasteiger partial charge is 0.294 e. The van der Waals surface area contributed by atoms with Crippen molar-refractivity contribution < 1.29 is 14.8 Å². The summed E-state index contributed by atoms with van der Waals surface area (Å²) in [5.41, 5.74) is 0.320. The number of aliphatic hydroxyl groups excluding tert-OH is 1. The summed E-state index contributed by atoms with van der Waals surface area (Å²) in [5, 5.41) is 27.9. The number of aliphatic hydroxyl groups is 1. The van der Waals surface area contributed by atoms with Crippen LogP contribution < -0.4 is 5.32 Å². The van der Waals surface area contributed by atoms with E-state index in [9.17, 15) is 20.0 Å². The first-order chi connectivity index (χ1) is 12.0. The second-order valence-electron chi connectivity index (χ2n) is 5.75. The minimum Gasteiger partial charge on any atom is -0.391 e. The standard InChI is InChI=1S/C17H22N4O4/c1-3-12(4-2)16(22)11-18-17(23)13-9-10-20(19-13)14-7-5-6-8-15(14)21(24)25/h5-10,12,16,22H,3-4,11H2,1-2H3,(H,18,23). The van der Waals surface area contributed by atoms with Gasteiger partial charge in [-0.3, -0.25) is 14.9 Å². The maximum Gasteiger partial charge on any atom is 0.294 e. The fraction of sp³-hybridized carbons (Fsp3) is 0.412. The molecule has 25 heavy (non-hydrogen) atoms. The number of hydrogen-bond acceptors (Lipinski definition) is 5. The summed E-state index contributed by atoms with van der Waals surface area (Å²) in [4.78, 5) is 22.8. The summed E-state index contributed by atoms with van der Waals surface area (Å²) in [5.74, 6) is -0.299. The average molecular weight is 346 g/mol. The SMILES string of the molecule is CCC(CC)C(O)CNC(=O)c1ccn(-c2ccccc2[N+](=O)[O-])n1. The van der Waals surface area contributed by atoms with E-state index in [-0.39, 0.29) is 29.5 Å². The molecule has 2 rings (SSSR count). The van der Waals surface area contributed by atoms with Gasteiger partial charge in [0.2, 0.25) is 0 Å². The fourth-order valence-electron chi connectivity index (χ4n) is 2.68. The molecule has 1 atom stereocenters. The van der Waals surface area contributed by atoms with Gasteiger partial charge in [0.15, 0.2) is 5.69 Å². The molecule has 0 saturated carbocycles. The van der Waals surface area contributed by atoms with E-state index in [1.807, 2.05) is 13.8 Å². The van der Waals surface area contributed by atoms with Crippen LogP contribution >= 0.6 is 0 Å². The van der Waals surface area contributed by atoms with Gasteiger partial charge >= 0.3 is 0 Å². The average Bonchev–Trinajstić information content (AvgIpc) is 3.10. The molecule has 0 spiro atoms. The van der Waals surface area contributed by atoms with E-state index in [4.69, 9.17) is 0 Å². The first kappa shape index (κ1) is 18.6. The summed E-state index contributed by atoms with van der Waals surface area (Å²) >= 11 is 0. The molecular weight excluding hydrogens is 324 g/mol. The van der Waals surface area contributed by atoms with E-state index in [0.29, 0.717) is 0 Å². The number of nitro groups is 1. The molecule has 0 radical (unpaired) electrons. The van der Waals surface area contributed by atoms with Gasteiger partial charge in [0, 0.05) is 18.8 Å². The summed E-state index contributed by atoms with van der Waals surface area (Å²) < 4.78 is 1.30. The van der Waals surface area contributed by atoms with E-state index in [1.165, 1.54) is 23.0 Å². The zero-order valence-corrected chi connectivity index (χ0v) is 14.3. The highest BCUT2D eigenvalue weighted by Crippen LogP contribution is 2.21. The molecule has 1 aromatic heterocycles. The molecule has 2 aromatic rings. The normalized spacial score (nSPS) is 12.2. The van der Waals surface area contributed by atoms with Crippen LogP contribution in [0.1, 0.15) is 37.2 Å². The van der Waals surface area contributed by atoms with Crippen molar-refractivity contribution in [3.63, 3.8) is 0 Å². The number of amides is 1. The lowest BCUT2D eigenvalue weighted by molar-refractivity contribution is -0.384. The fourth-order valence-corrected chi connectivity index (χ4v) is 2.68. The molecule has 134 valence electrons. The van der Waals surface area contributed by atoms with Crippen LogP contribution in [0.4, 0.5) is 5.69 Å². The number of benzene rings is 1. The molecule has 1 heterocycles. The molecule has 1 unspecified atom stereocenters. The number of carbonyl (C=O) groups is 1. The van der Waals surface area contributed by atoms with Crippen molar-refractivity contribution in [3.8, 4) is 5.69 Å². The van der Waals surface area contributed by atoms with Crippen LogP contribution in [0.25, 0.3) is 5.69 Å². The van der Waals surface area contributed by atoms with E-state index >= 15 is 0 Å². The van der Waals surface area contributed by atoms with Gasteiger partial charge in [0.25, 0.3) is 11.6 Å². The van der Waals surface area contributed by atoms with Crippen LogP contribution in [-0.2, 0) is 0 Å². The third-order valence-corrected chi connectivity index (χ3v) is 4.21. The molecule has 0 aliphatic carbocycles. The lowest BCUT2D eigenvalue weighted by Gasteiger charge is -2.19. The summed E-state index contributed by atoms with van der Waals surface area (Å²) in [6, 6.07) is 7.65. The van der Waals surface area contributed by atoms with Crippen LogP contribution in [-0.4, -0.2) is 38.4 Å². The third-order valence-electron chi connectivity index (χ3n) is 4.21. The Bertz CT molecular complexity index is 740. The Balaban J connectivity index is 2.09. The van der Waals surface area contributed by atoms with E-state index in [2.05, 4.69) is 10.4 Å². The number of carbonyl (C=O) groups excluding carboxylic acids is 1. The molecule has 2 N–H and O–H groups in total. The molecule has 1 amide bonds. The van der Waals surface area contributed by atoms with Crippen molar-refractivity contribution >= 4 is 11.6 Å². The highest BCUT2D eigenvalue weighted by Gasteiger charge is 2.19. The minimum absolute atomic E-state index is 0.0956. The van der Waals surface area contributed by atoms with E-state index in [0.717, 1.165) is 12.8 Å². The monoisotopic (exact) mass is 346 g/mol. The maximum absolute atomic E-state index is 12.2. The maximum atomic E-state index is 12.2. The van der Waals surface area contributed by atoms with E-state index in [1.54, 1.807) is 18.2 Å². The molecule has 0 saturated heterocycles. The Morgan fingerprint density at radius 2 is 2.00 bits per heavy atom. The van der Waals surface area contributed by atoms with E-state index < -0.39 is 16.9 Å². The Hall–Kier alpha value is -2.74. The van der Waals surface area contributed by atoms with Gasteiger partial charge in [-0.05, 0) is 18.1 Å². The predicted molar refractivity (Wildman–Crippen MR) is 92.6 cm³/mol. The predicted octanol–water partition coefficient (Wildman–Crippen LogP) is 2.31.